The number of nitrogens with one attached hydrogen (secondary N) is 1. The molecule has 0 unspecified atom stereocenters. The fourth-order valence-electron chi connectivity index (χ4n) is 3.28. The quantitative estimate of drug-likeness (QED) is 0.291. The number of hydrogen-bond donors (Lipinski definition) is 2. The van der Waals surface area contributed by atoms with Crippen LogP contribution in [-0.2, 0) is 16.6 Å². The molecule has 10 nitrogen and oxygen atoms in total. The topological polar surface area (TPSA) is 139 Å². The first kappa shape index (κ1) is 23.7. The van der Waals surface area contributed by atoms with Crippen molar-refractivity contribution in [2.24, 2.45) is 0 Å². The van der Waals surface area contributed by atoms with Crippen LogP contribution in [0.4, 0.5) is 11.4 Å². The van der Waals surface area contributed by atoms with Gasteiger partial charge in [-0.3, -0.25) is 24.4 Å². The number of para-hydroxylation sites is 1. The molecule has 0 radical (unpaired) electrons. The lowest BCUT2D eigenvalue weighted by molar-refractivity contribution is -0.384. The zero-order chi connectivity index (χ0) is 24.2. The molecule has 0 aliphatic rings. The molecule has 172 valence electrons. The summed E-state index contributed by atoms with van der Waals surface area (Å²) in [5.74, 6) is -0.417. The molecule has 33 heavy (non-hydrogen) atoms. The third-order valence-corrected chi connectivity index (χ3v) is 6.71. The molecule has 0 bridgehead atoms. The van der Waals surface area contributed by atoms with Crippen molar-refractivity contribution in [1.29, 1.82) is 0 Å². The van der Waals surface area contributed by atoms with Crippen molar-refractivity contribution in [2.45, 2.75) is 18.4 Å². The number of carbonyl (C=O) groups is 1. The molecule has 0 aromatic heterocycles. The van der Waals surface area contributed by atoms with E-state index in [-0.39, 0.29) is 28.4 Å². The van der Waals surface area contributed by atoms with Crippen LogP contribution in [0.25, 0.3) is 0 Å². The summed E-state index contributed by atoms with van der Waals surface area (Å²) in [6.07, 6.45) is 0. The fourth-order valence-corrected chi connectivity index (χ4v) is 4.82. The minimum Gasteiger partial charge on any atom is -0.497 e. The lowest BCUT2D eigenvalue weighted by atomic mass is 10.1. The molecule has 0 fully saturated rings. The van der Waals surface area contributed by atoms with Gasteiger partial charge in [0.05, 0.1) is 34.7 Å². The standard InChI is InChI=1S/C22H21N3O7S/c1-15-4-3-5-20(22(26)23-27)21(15)24(14-16-6-8-17(9-7-16)25(28)29)33(30,31)19-12-10-18(32-2)11-13-19/h3-13,27H,14H2,1-2H3,(H,23,26). The Morgan fingerprint density at radius 2 is 1.73 bits per heavy atom. The number of nitrogens with zero attached hydrogens (tertiary/aromatic N) is 2. The summed E-state index contributed by atoms with van der Waals surface area (Å²) in [6.45, 7) is 1.42. The maximum atomic E-state index is 13.7. The summed E-state index contributed by atoms with van der Waals surface area (Å²) < 4.78 is 33.6. The Balaban J connectivity index is 2.18. The molecule has 0 atom stereocenters. The van der Waals surface area contributed by atoms with Gasteiger partial charge in [0.1, 0.15) is 5.75 Å². The first-order valence-corrected chi connectivity index (χ1v) is 11.1. The number of aryl methyl sites for hydroxylation is 1. The number of sulfonamides is 1. The highest BCUT2D eigenvalue weighted by molar-refractivity contribution is 7.92. The number of amides is 1. The Kier molecular flexibility index (Phi) is 6.95. The number of nitro benzene ring substituents is 1. The number of carbonyl (C=O) groups excluding carboxylic acids is 1. The normalized spacial score (nSPS) is 11.0. The van der Waals surface area contributed by atoms with E-state index in [1.807, 2.05) is 0 Å². The van der Waals surface area contributed by atoms with Crippen LogP contribution in [0.1, 0.15) is 21.5 Å². The Bertz CT molecular complexity index is 1270. The Labute approximate surface area is 190 Å². The van der Waals surface area contributed by atoms with Gasteiger partial charge in [0.15, 0.2) is 0 Å². The number of rotatable bonds is 8. The molecule has 11 heteroatoms. The van der Waals surface area contributed by atoms with Gasteiger partial charge in [0, 0.05) is 12.1 Å². The van der Waals surface area contributed by atoms with Crippen LogP contribution < -0.4 is 14.5 Å². The number of ether oxygens (including phenoxy) is 1. The van der Waals surface area contributed by atoms with Gasteiger partial charge in [0.2, 0.25) is 0 Å². The molecule has 0 saturated heterocycles. The van der Waals surface area contributed by atoms with Crippen molar-refractivity contribution >= 4 is 27.3 Å². The summed E-state index contributed by atoms with van der Waals surface area (Å²) in [6, 6.07) is 15.8. The summed E-state index contributed by atoms with van der Waals surface area (Å²) in [5.41, 5.74) is 2.33. The highest BCUT2D eigenvalue weighted by Crippen LogP contribution is 2.33. The van der Waals surface area contributed by atoms with Crippen molar-refractivity contribution < 1.29 is 28.1 Å². The number of methoxy groups -OCH3 is 1. The maximum Gasteiger partial charge on any atom is 0.276 e. The monoisotopic (exact) mass is 471 g/mol. The minimum atomic E-state index is -4.21. The molecule has 0 saturated carbocycles. The van der Waals surface area contributed by atoms with E-state index in [2.05, 4.69) is 0 Å². The number of hydroxylamine groups is 1. The molecular formula is C22H21N3O7S. The highest BCUT2D eigenvalue weighted by Gasteiger charge is 2.30. The van der Waals surface area contributed by atoms with Crippen molar-refractivity contribution in [1.82, 2.24) is 5.48 Å². The van der Waals surface area contributed by atoms with Gasteiger partial charge in [-0.25, -0.2) is 13.9 Å². The second-order valence-corrected chi connectivity index (χ2v) is 8.89. The van der Waals surface area contributed by atoms with Gasteiger partial charge in [0.25, 0.3) is 21.6 Å². The average Bonchev–Trinajstić information content (AvgIpc) is 2.82. The summed E-state index contributed by atoms with van der Waals surface area (Å²) in [5, 5.41) is 20.2. The van der Waals surface area contributed by atoms with Crippen molar-refractivity contribution in [3.63, 3.8) is 0 Å². The lowest BCUT2D eigenvalue weighted by Gasteiger charge is -2.28. The number of hydrogen-bond acceptors (Lipinski definition) is 7. The minimum absolute atomic E-state index is 0.0520. The van der Waals surface area contributed by atoms with Crippen LogP contribution in [-0.4, -0.2) is 31.6 Å². The van der Waals surface area contributed by atoms with Crippen molar-refractivity contribution in [2.75, 3.05) is 11.4 Å². The molecule has 2 N–H and O–H groups in total. The second kappa shape index (κ2) is 9.67. The molecule has 0 heterocycles. The first-order valence-electron chi connectivity index (χ1n) is 9.63. The first-order chi connectivity index (χ1) is 15.7. The fraction of sp³-hybridized carbons (Fsp3) is 0.136. The second-order valence-electron chi connectivity index (χ2n) is 7.02. The largest absolute Gasteiger partial charge is 0.497 e. The number of nitro groups is 1. The van der Waals surface area contributed by atoms with E-state index >= 15 is 0 Å². The zero-order valence-corrected chi connectivity index (χ0v) is 18.6. The third-order valence-electron chi connectivity index (χ3n) is 4.95. The smallest absolute Gasteiger partial charge is 0.276 e. The van der Waals surface area contributed by atoms with E-state index in [1.54, 1.807) is 24.5 Å². The average molecular weight is 471 g/mol. The SMILES string of the molecule is COc1ccc(S(=O)(=O)N(Cc2ccc([N+](=O)[O-])cc2)c2c(C)cccc2C(=O)NO)cc1. The number of anilines is 1. The molecule has 0 aliphatic carbocycles. The van der Waals surface area contributed by atoms with Crippen molar-refractivity contribution in [3.05, 3.63) is 93.5 Å². The lowest BCUT2D eigenvalue weighted by Crippen LogP contribution is -2.33. The molecule has 0 spiro atoms. The Morgan fingerprint density at radius 3 is 2.27 bits per heavy atom. The molecule has 1 amide bonds. The van der Waals surface area contributed by atoms with Crippen LogP contribution in [0.15, 0.2) is 71.6 Å². The maximum absolute atomic E-state index is 13.7. The predicted molar refractivity (Wildman–Crippen MR) is 120 cm³/mol. The van der Waals surface area contributed by atoms with E-state index < -0.39 is 20.9 Å². The highest BCUT2D eigenvalue weighted by atomic mass is 32.2. The Morgan fingerprint density at radius 1 is 1.09 bits per heavy atom. The Hall–Kier alpha value is -3.96. The summed E-state index contributed by atoms with van der Waals surface area (Å²) in [4.78, 5) is 22.7. The van der Waals surface area contributed by atoms with Gasteiger partial charge < -0.3 is 4.74 Å². The number of non-ortho nitro benzene ring substituents is 1. The van der Waals surface area contributed by atoms with E-state index in [0.717, 1.165) is 4.31 Å². The van der Waals surface area contributed by atoms with Crippen LogP contribution >= 0.6 is 0 Å². The predicted octanol–water partition coefficient (Wildman–Crippen LogP) is 3.43. The van der Waals surface area contributed by atoms with Gasteiger partial charge in [-0.15, -0.1) is 0 Å². The van der Waals surface area contributed by atoms with E-state index in [1.165, 1.54) is 61.7 Å². The van der Waals surface area contributed by atoms with E-state index in [0.29, 0.717) is 16.9 Å². The van der Waals surface area contributed by atoms with Crippen LogP contribution in [0.3, 0.4) is 0 Å². The summed E-state index contributed by atoms with van der Waals surface area (Å²) >= 11 is 0. The molecule has 3 aromatic rings. The summed E-state index contributed by atoms with van der Waals surface area (Å²) in [7, 11) is -2.75. The molecular weight excluding hydrogens is 450 g/mol. The van der Waals surface area contributed by atoms with Gasteiger partial charge >= 0.3 is 0 Å². The van der Waals surface area contributed by atoms with Gasteiger partial charge in [-0.1, -0.05) is 24.3 Å². The van der Waals surface area contributed by atoms with Crippen LogP contribution in [0, 0.1) is 17.0 Å². The van der Waals surface area contributed by atoms with Gasteiger partial charge in [-0.05, 0) is 48.4 Å². The molecule has 0 aliphatic heterocycles. The van der Waals surface area contributed by atoms with Crippen LogP contribution in [0.2, 0.25) is 0 Å². The third kappa shape index (κ3) is 4.94. The number of benzene rings is 3. The van der Waals surface area contributed by atoms with E-state index in [4.69, 9.17) is 4.74 Å². The zero-order valence-electron chi connectivity index (χ0n) is 17.8. The molecule has 3 rings (SSSR count). The van der Waals surface area contributed by atoms with Crippen molar-refractivity contribution in [3.8, 4) is 5.75 Å². The van der Waals surface area contributed by atoms with Gasteiger partial charge in [-0.2, -0.15) is 0 Å². The van der Waals surface area contributed by atoms with E-state index in [9.17, 15) is 28.5 Å². The van der Waals surface area contributed by atoms with Crippen LogP contribution in [0.5, 0.6) is 5.75 Å². The molecule has 3 aromatic carbocycles.